The van der Waals surface area contributed by atoms with Gasteiger partial charge in [0.2, 0.25) is 0 Å². The molecule has 0 aliphatic rings. The molecule has 0 aromatic carbocycles. The van der Waals surface area contributed by atoms with E-state index < -0.39 is 0 Å². The number of hydrogen-bond donors (Lipinski definition) is 1. The number of fused-ring (bicyclic) bond motifs is 1. The van der Waals surface area contributed by atoms with Gasteiger partial charge in [-0.1, -0.05) is 13.8 Å². The Hall–Kier alpha value is -2.04. The minimum absolute atomic E-state index is 0.0492. The highest BCUT2D eigenvalue weighted by atomic mass is 16.2. The summed E-state index contributed by atoms with van der Waals surface area (Å²) in [5.74, 6) is 0.423. The minimum atomic E-state index is -0.128. The van der Waals surface area contributed by atoms with E-state index in [1.807, 2.05) is 20.0 Å². The number of aryl methyl sites for hydroxylation is 2. The van der Waals surface area contributed by atoms with E-state index in [0.29, 0.717) is 30.1 Å². The number of pyridine rings is 1. The zero-order valence-corrected chi connectivity index (χ0v) is 13.1. The van der Waals surface area contributed by atoms with E-state index in [9.17, 15) is 9.59 Å². The van der Waals surface area contributed by atoms with Crippen molar-refractivity contribution in [2.45, 2.75) is 33.7 Å². The Morgan fingerprint density at radius 3 is 2.71 bits per heavy atom. The first-order valence-corrected chi connectivity index (χ1v) is 7.42. The maximum atomic E-state index is 12.3. The zero-order chi connectivity index (χ0) is 15.6. The molecule has 0 saturated carbocycles. The Morgan fingerprint density at radius 1 is 1.38 bits per heavy atom. The summed E-state index contributed by atoms with van der Waals surface area (Å²) < 4.78 is 3.42. The summed E-state index contributed by atoms with van der Waals surface area (Å²) in [6.07, 6.45) is 2.71. The quantitative estimate of drug-likeness (QED) is 0.917. The first-order valence-electron chi connectivity index (χ1n) is 7.42. The molecule has 1 amide bonds. The molecular formula is C16H23N3O2. The first kappa shape index (κ1) is 15.4. The van der Waals surface area contributed by atoms with E-state index in [4.69, 9.17) is 0 Å². The Labute approximate surface area is 124 Å². The van der Waals surface area contributed by atoms with Crippen LogP contribution in [0.1, 0.15) is 37.7 Å². The van der Waals surface area contributed by atoms with Gasteiger partial charge in [0, 0.05) is 26.3 Å². The molecule has 0 bridgehead atoms. The lowest BCUT2D eigenvalue weighted by molar-refractivity contribution is 0.0944. The van der Waals surface area contributed by atoms with Gasteiger partial charge in [-0.3, -0.25) is 9.59 Å². The normalized spacial score (nSPS) is 11.3. The second-order valence-corrected chi connectivity index (χ2v) is 5.73. The number of amides is 1. The predicted molar refractivity (Wildman–Crippen MR) is 84.6 cm³/mol. The Bertz CT molecular complexity index is 710. The van der Waals surface area contributed by atoms with Crippen LogP contribution in [0.5, 0.6) is 0 Å². The monoisotopic (exact) mass is 289 g/mol. The van der Waals surface area contributed by atoms with E-state index in [2.05, 4.69) is 19.2 Å². The molecule has 0 spiro atoms. The van der Waals surface area contributed by atoms with Crippen LogP contribution in [0.3, 0.4) is 0 Å². The molecule has 0 saturated heterocycles. The van der Waals surface area contributed by atoms with Crippen molar-refractivity contribution in [3.63, 3.8) is 0 Å². The lowest BCUT2D eigenvalue weighted by atomic mass is 10.1. The number of rotatable bonds is 5. The van der Waals surface area contributed by atoms with Gasteiger partial charge in [0.15, 0.2) is 0 Å². The highest BCUT2D eigenvalue weighted by Crippen LogP contribution is 2.15. The summed E-state index contributed by atoms with van der Waals surface area (Å²) in [6, 6.07) is 3.57. The van der Waals surface area contributed by atoms with Crippen LogP contribution in [0.25, 0.3) is 10.9 Å². The molecule has 5 nitrogen and oxygen atoms in total. The van der Waals surface area contributed by atoms with E-state index in [1.54, 1.807) is 21.4 Å². The molecule has 2 aromatic heterocycles. The van der Waals surface area contributed by atoms with Crippen molar-refractivity contribution in [2.24, 2.45) is 13.0 Å². The Morgan fingerprint density at radius 2 is 2.10 bits per heavy atom. The molecule has 0 aliphatic carbocycles. The molecule has 2 aromatic rings. The smallest absolute Gasteiger partial charge is 0.267 e. The molecule has 114 valence electrons. The van der Waals surface area contributed by atoms with Crippen molar-refractivity contribution in [2.75, 3.05) is 6.54 Å². The van der Waals surface area contributed by atoms with Crippen LogP contribution in [-0.2, 0) is 13.6 Å². The van der Waals surface area contributed by atoms with E-state index >= 15 is 0 Å². The van der Waals surface area contributed by atoms with Crippen molar-refractivity contribution in [1.29, 1.82) is 0 Å². The van der Waals surface area contributed by atoms with Gasteiger partial charge >= 0.3 is 0 Å². The highest BCUT2D eigenvalue weighted by Gasteiger charge is 2.15. The van der Waals surface area contributed by atoms with Crippen molar-refractivity contribution in [1.82, 2.24) is 14.5 Å². The summed E-state index contributed by atoms with van der Waals surface area (Å²) in [6.45, 7) is 7.44. The van der Waals surface area contributed by atoms with Crippen LogP contribution in [0.4, 0.5) is 0 Å². The largest absolute Gasteiger partial charge is 0.351 e. The standard InChI is InChI=1S/C16H23N3O2/c1-5-19-9-7-13-12(16(19)21)10-14(18(13)4)15(20)17-8-6-11(2)3/h7,9-11H,5-6,8H2,1-4H3,(H,17,20). The Balaban J connectivity index is 2.33. The fraction of sp³-hybridized carbons (Fsp3) is 0.500. The van der Waals surface area contributed by atoms with E-state index in [0.717, 1.165) is 11.9 Å². The second-order valence-electron chi connectivity index (χ2n) is 5.73. The molecule has 0 fully saturated rings. The third kappa shape index (κ3) is 3.01. The lowest BCUT2D eigenvalue weighted by Gasteiger charge is -2.08. The Kier molecular flexibility index (Phi) is 4.50. The van der Waals surface area contributed by atoms with Crippen LogP contribution in [0, 0.1) is 5.92 Å². The van der Waals surface area contributed by atoms with Gasteiger partial charge < -0.3 is 14.5 Å². The van der Waals surface area contributed by atoms with E-state index in [-0.39, 0.29) is 11.5 Å². The number of nitrogens with one attached hydrogen (secondary N) is 1. The van der Waals surface area contributed by atoms with Gasteiger partial charge in [0.05, 0.1) is 10.9 Å². The summed E-state index contributed by atoms with van der Waals surface area (Å²) in [5.41, 5.74) is 1.27. The van der Waals surface area contributed by atoms with Crippen molar-refractivity contribution < 1.29 is 4.79 Å². The lowest BCUT2D eigenvalue weighted by Crippen LogP contribution is -2.27. The molecule has 5 heteroatoms. The molecule has 0 aliphatic heterocycles. The van der Waals surface area contributed by atoms with Crippen LogP contribution in [0.15, 0.2) is 23.1 Å². The van der Waals surface area contributed by atoms with Crippen molar-refractivity contribution in [3.8, 4) is 0 Å². The maximum absolute atomic E-state index is 12.3. The SMILES string of the molecule is CCn1ccc2c(cc(C(=O)NCCC(C)C)n2C)c1=O. The summed E-state index contributed by atoms with van der Waals surface area (Å²) >= 11 is 0. The minimum Gasteiger partial charge on any atom is -0.351 e. The van der Waals surface area contributed by atoms with Crippen molar-refractivity contribution >= 4 is 16.8 Å². The van der Waals surface area contributed by atoms with Crippen LogP contribution < -0.4 is 10.9 Å². The van der Waals surface area contributed by atoms with Crippen LogP contribution in [0.2, 0.25) is 0 Å². The highest BCUT2D eigenvalue weighted by molar-refractivity contribution is 5.98. The van der Waals surface area contributed by atoms with Crippen LogP contribution >= 0.6 is 0 Å². The number of hydrogen-bond acceptors (Lipinski definition) is 2. The van der Waals surface area contributed by atoms with Gasteiger partial charge in [-0.15, -0.1) is 0 Å². The second kappa shape index (κ2) is 6.16. The number of carbonyl (C=O) groups is 1. The summed E-state index contributed by atoms with van der Waals surface area (Å²) in [5, 5.41) is 3.50. The molecular weight excluding hydrogens is 266 g/mol. The summed E-state index contributed by atoms with van der Waals surface area (Å²) in [4.78, 5) is 24.5. The van der Waals surface area contributed by atoms with Gasteiger partial charge in [0.1, 0.15) is 5.69 Å². The number of aromatic nitrogens is 2. The van der Waals surface area contributed by atoms with Crippen molar-refractivity contribution in [3.05, 3.63) is 34.4 Å². The number of nitrogens with zero attached hydrogens (tertiary/aromatic N) is 2. The molecule has 21 heavy (non-hydrogen) atoms. The molecule has 0 atom stereocenters. The maximum Gasteiger partial charge on any atom is 0.267 e. The van der Waals surface area contributed by atoms with Gasteiger partial charge in [-0.25, -0.2) is 0 Å². The fourth-order valence-electron chi connectivity index (χ4n) is 2.41. The van der Waals surface area contributed by atoms with Gasteiger partial charge in [0.25, 0.3) is 11.5 Å². The van der Waals surface area contributed by atoms with Gasteiger partial charge in [-0.2, -0.15) is 0 Å². The topological polar surface area (TPSA) is 56.0 Å². The molecule has 2 heterocycles. The summed E-state index contributed by atoms with van der Waals surface area (Å²) in [7, 11) is 1.81. The van der Waals surface area contributed by atoms with E-state index in [1.165, 1.54) is 0 Å². The average Bonchev–Trinajstić information content (AvgIpc) is 2.77. The molecule has 1 N–H and O–H groups in total. The third-order valence-electron chi connectivity index (χ3n) is 3.76. The molecule has 0 radical (unpaired) electrons. The fourth-order valence-corrected chi connectivity index (χ4v) is 2.41. The predicted octanol–water partition coefficient (Wildman–Crippen LogP) is 2.14. The zero-order valence-electron chi connectivity index (χ0n) is 13.1. The number of carbonyl (C=O) groups excluding carboxylic acids is 1. The first-order chi connectivity index (χ1) is 9.95. The van der Waals surface area contributed by atoms with Gasteiger partial charge in [-0.05, 0) is 31.4 Å². The third-order valence-corrected chi connectivity index (χ3v) is 3.76. The molecule has 2 rings (SSSR count). The molecule has 0 unspecified atom stereocenters. The van der Waals surface area contributed by atoms with Crippen LogP contribution in [-0.4, -0.2) is 21.6 Å². The average molecular weight is 289 g/mol.